The Balaban J connectivity index is 1.96. The predicted molar refractivity (Wildman–Crippen MR) is 57.4 cm³/mol. The van der Waals surface area contributed by atoms with E-state index in [0.717, 1.165) is 25.7 Å². The Morgan fingerprint density at radius 2 is 1.94 bits per heavy atom. The van der Waals surface area contributed by atoms with E-state index in [4.69, 9.17) is 5.73 Å². The van der Waals surface area contributed by atoms with Crippen LogP contribution in [0.3, 0.4) is 0 Å². The second-order valence-electron chi connectivity index (χ2n) is 4.80. The first-order chi connectivity index (χ1) is 8.47. The predicted octanol–water partition coefficient (Wildman–Crippen LogP) is 3.06. The average molecular weight is 263 g/mol. The van der Waals surface area contributed by atoms with E-state index in [1.807, 2.05) is 0 Å². The number of aromatic nitrogens is 2. The van der Waals surface area contributed by atoms with Gasteiger partial charge in [-0.3, -0.25) is 0 Å². The Labute approximate surface area is 103 Å². The van der Waals surface area contributed by atoms with E-state index in [9.17, 15) is 13.2 Å². The molecular formula is C11H16F3N3O. The smallest absolute Gasteiger partial charge is 0.337 e. The van der Waals surface area contributed by atoms with Crippen molar-refractivity contribution in [2.24, 2.45) is 11.7 Å². The number of nitrogens with two attached hydrogens (primary N) is 1. The molecule has 0 aliphatic heterocycles. The van der Waals surface area contributed by atoms with Gasteiger partial charge in [0, 0.05) is 0 Å². The van der Waals surface area contributed by atoms with Crippen LogP contribution in [0.1, 0.15) is 56.3 Å². The third-order valence-corrected chi connectivity index (χ3v) is 3.32. The van der Waals surface area contributed by atoms with Gasteiger partial charge >= 0.3 is 6.18 Å². The Bertz CT molecular complexity index is 385. The fraction of sp³-hybridized carbons (Fsp3) is 0.818. The third kappa shape index (κ3) is 3.22. The lowest BCUT2D eigenvalue weighted by atomic mass is 9.85. The molecule has 2 rings (SSSR count). The molecule has 4 nitrogen and oxygen atoms in total. The standard InChI is InChI=1S/C11H16F3N3O/c12-11(13,14)10-16-9(18-17-10)8(15)6-7-4-2-1-3-5-7/h7-8H,1-6,15H2/t8-/m1/s1. The molecule has 0 saturated heterocycles. The minimum atomic E-state index is -4.58. The van der Waals surface area contributed by atoms with Gasteiger partial charge < -0.3 is 10.3 Å². The highest BCUT2D eigenvalue weighted by atomic mass is 19.4. The van der Waals surface area contributed by atoms with E-state index in [2.05, 4.69) is 14.7 Å². The fourth-order valence-corrected chi connectivity index (χ4v) is 2.38. The first kappa shape index (κ1) is 13.3. The molecule has 0 bridgehead atoms. The molecule has 1 fully saturated rings. The summed E-state index contributed by atoms with van der Waals surface area (Å²) in [6.07, 6.45) is 1.74. The highest BCUT2D eigenvalue weighted by Crippen LogP contribution is 2.32. The van der Waals surface area contributed by atoms with Gasteiger partial charge in [-0.2, -0.15) is 18.2 Å². The molecule has 18 heavy (non-hydrogen) atoms. The summed E-state index contributed by atoms with van der Waals surface area (Å²) in [5.74, 6) is -0.917. The zero-order chi connectivity index (χ0) is 13.2. The molecule has 0 unspecified atom stereocenters. The topological polar surface area (TPSA) is 64.9 Å². The summed E-state index contributed by atoms with van der Waals surface area (Å²) in [4.78, 5) is 3.32. The van der Waals surface area contributed by atoms with Gasteiger partial charge in [-0.1, -0.05) is 37.3 Å². The van der Waals surface area contributed by atoms with Crippen LogP contribution >= 0.6 is 0 Å². The van der Waals surface area contributed by atoms with Crippen molar-refractivity contribution in [3.05, 3.63) is 11.7 Å². The van der Waals surface area contributed by atoms with E-state index in [0.29, 0.717) is 12.3 Å². The summed E-state index contributed by atoms with van der Waals surface area (Å²) in [5, 5.41) is 2.91. The lowest BCUT2D eigenvalue weighted by Crippen LogP contribution is -2.18. The largest absolute Gasteiger partial charge is 0.455 e. The van der Waals surface area contributed by atoms with Crippen LogP contribution in [0, 0.1) is 5.92 Å². The van der Waals surface area contributed by atoms with Gasteiger partial charge in [0.2, 0.25) is 5.89 Å². The van der Waals surface area contributed by atoms with Crippen molar-refractivity contribution in [3.8, 4) is 0 Å². The lowest BCUT2D eigenvalue weighted by Gasteiger charge is -2.22. The van der Waals surface area contributed by atoms with Crippen LogP contribution in [-0.2, 0) is 6.18 Å². The summed E-state index contributed by atoms with van der Waals surface area (Å²) < 4.78 is 41.5. The number of halogens is 3. The maximum absolute atomic E-state index is 12.3. The van der Waals surface area contributed by atoms with Gasteiger partial charge in [-0.15, -0.1) is 0 Å². The molecule has 1 atom stereocenters. The maximum atomic E-state index is 12.3. The van der Waals surface area contributed by atoms with Crippen molar-refractivity contribution in [2.75, 3.05) is 0 Å². The number of alkyl halides is 3. The van der Waals surface area contributed by atoms with Crippen molar-refractivity contribution in [2.45, 2.75) is 50.7 Å². The first-order valence-electron chi connectivity index (χ1n) is 6.13. The van der Waals surface area contributed by atoms with E-state index in [-0.39, 0.29) is 5.89 Å². The van der Waals surface area contributed by atoms with Crippen molar-refractivity contribution in [1.29, 1.82) is 0 Å². The summed E-state index contributed by atoms with van der Waals surface area (Å²) in [6, 6.07) is -0.600. The van der Waals surface area contributed by atoms with Gasteiger partial charge in [0.1, 0.15) is 0 Å². The van der Waals surface area contributed by atoms with E-state index in [1.54, 1.807) is 0 Å². The van der Waals surface area contributed by atoms with Crippen LogP contribution in [-0.4, -0.2) is 10.1 Å². The van der Waals surface area contributed by atoms with Gasteiger partial charge in [-0.05, 0) is 12.3 Å². The molecule has 1 aliphatic rings. The van der Waals surface area contributed by atoms with Gasteiger partial charge in [0.05, 0.1) is 6.04 Å². The second kappa shape index (κ2) is 5.26. The highest BCUT2D eigenvalue weighted by Gasteiger charge is 2.38. The molecule has 0 spiro atoms. The quantitative estimate of drug-likeness (QED) is 0.910. The Hall–Kier alpha value is -1.11. The molecule has 2 N–H and O–H groups in total. The number of hydrogen-bond donors (Lipinski definition) is 1. The van der Waals surface area contributed by atoms with Crippen LogP contribution in [0.5, 0.6) is 0 Å². The van der Waals surface area contributed by atoms with Crippen LogP contribution in [0.15, 0.2) is 4.52 Å². The van der Waals surface area contributed by atoms with Crippen LogP contribution in [0.4, 0.5) is 13.2 Å². The van der Waals surface area contributed by atoms with Gasteiger partial charge in [0.15, 0.2) is 0 Å². The molecule has 0 radical (unpaired) electrons. The molecule has 1 aromatic heterocycles. The SMILES string of the molecule is N[C@H](CC1CCCCC1)c1nc(C(F)(F)F)no1. The summed E-state index contributed by atoms with van der Waals surface area (Å²) in [7, 11) is 0. The molecule has 1 aromatic rings. The van der Waals surface area contributed by atoms with Crippen molar-refractivity contribution >= 4 is 0 Å². The molecule has 0 amide bonds. The monoisotopic (exact) mass is 263 g/mol. The summed E-state index contributed by atoms with van der Waals surface area (Å²) >= 11 is 0. The molecular weight excluding hydrogens is 247 g/mol. The Morgan fingerprint density at radius 3 is 2.50 bits per heavy atom. The molecule has 7 heteroatoms. The second-order valence-corrected chi connectivity index (χ2v) is 4.80. The van der Waals surface area contributed by atoms with Crippen molar-refractivity contribution in [1.82, 2.24) is 10.1 Å². The van der Waals surface area contributed by atoms with E-state index >= 15 is 0 Å². The van der Waals surface area contributed by atoms with Crippen molar-refractivity contribution < 1.29 is 17.7 Å². The number of hydrogen-bond acceptors (Lipinski definition) is 4. The highest BCUT2D eigenvalue weighted by molar-refractivity contribution is 4.95. The minimum Gasteiger partial charge on any atom is -0.337 e. The molecule has 1 saturated carbocycles. The molecule has 1 aliphatic carbocycles. The van der Waals surface area contributed by atoms with Gasteiger partial charge in [0.25, 0.3) is 5.82 Å². The first-order valence-corrected chi connectivity index (χ1v) is 6.13. The molecule has 1 heterocycles. The Kier molecular flexibility index (Phi) is 3.89. The van der Waals surface area contributed by atoms with Crippen molar-refractivity contribution in [3.63, 3.8) is 0 Å². The van der Waals surface area contributed by atoms with E-state index < -0.39 is 18.0 Å². The fourth-order valence-electron chi connectivity index (χ4n) is 2.38. The number of nitrogens with zero attached hydrogens (tertiary/aromatic N) is 2. The lowest BCUT2D eigenvalue weighted by molar-refractivity contribution is -0.146. The molecule has 102 valence electrons. The van der Waals surface area contributed by atoms with Crippen LogP contribution < -0.4 is 5.73 Å². The Morgan fingerprint density at radius 1 is 1.28 bits per heavy atom. The third-order valence-electron chi connectivity index (χ3n) is 3.32. The summed E-state index contributed by atoms with van der Waals surface area (Å²) in [5.41, 5.74) is 5.82. The zero-order valence-electron chi connectivity index (χ0n) is 9.91. The van der Waals surface area contributed by atoms with Crippen LogP contribution in [0.25, 0.3) is 0 Å². The van der Waals surface area contributed by atoms with Crippen LogP contribution in [0.2, 0.25) is 0 Å². The average Bonchev–Trinajstić information content (AvgIpc) is 2.79. The number of rotatable bonds is 3. The van der Waals surface area contributed by atoms with E-state index in [1.165, 1.54) is 6.42 Å². The maximum Gasteiger partial charge on any atom is 0.455 e. The van der Waals surface area contributed by atoms with Gasteiger partial charge in [-0.25, -0.2) is 0 Å². The molecule has 0 aromatic carbocycles. The zero-order valence-corrected chi connectivity index (χ0v) is 9.91. The normalized spacial score (nSPS) is 20.0. The summed E-state index contributed by atoms with van der Waals surface area (Å²) in [6.45, 7) is 0. The minimum absolute atomic E-state index is 0.118.